The molecular weight excluding hydrogens is 399 g/mol. The van der Waals surface area contributed by atoms with E-state index in [0.29, 0.717) is 11.3 Å². The lowest BCUT2D eigenvalue weighted by Gasteiger charge is -2.32. The zero-order valence-electron chi connectivity index (χ0n) is 15.0. The first-order valence-electron chi connectivity index (χ1n) is 8.60. The standard InChI is InChI=1S/C17H18BN4O6S/c23-16(8-13-5-2-6-29-13)19-15(18(26,27)28)10-22-9-14(20-21-22)11-3-1-4-12(7-11)17(24)25/h1-7,9,15,26-28H,8,10H2,(H,19,23)(H,24,25)/q-1/t15-/m0/s1. The normalized spacial score (nSPS) is 12.5. The van der Waals surface area contributed by atoms with Crippen molar-refractivity contribution in [1.29, 1.82) is 0 Å². The van der Waals surface area contributed by atoms with Crippen LogP contribution in [0.3, 0.4) is 0 Å². The quantitative estimate of drug-likeness (QED) is 0.318. The number of hydrogen-bond donors (Lipinski definition) is 5. The number of carbonyl (C=O) groups is 2. The minimum Gasteiger partial charge on any atom is -0.558 e. The van der Waals surface area contributed by atoms with Gasteiger partial charge in [0.25, 0.3) is 0 Å². The largest absolute Gasteiger partial charge is 0.558 e. The highest BCUT2D eigenvalue weighted by Crippen LogP contribution is 2.18. The number of amides is 1. The van der Waals surface area contributed by atoms with Crippen LogP contribution in [0, 0.1) is 0 Å². The lowest BCUT2D eigenvalue weighted by Crippen LogP contribution is -2.59. The Labute approximate surface area is 169 Å². The van der Waals surface area contributed by atoms with Gasteiger partial charge in [-0.3, -0.25) is 9.48 Å². The number of nitrogens with zero attached hydrogens (tertiary/aromatic N) is 3. The van der Waals surface area contributed by atoms with Crippen molar-refractivity contribution in [2.45, 2.75) is 18.9 Å². The van der Waals surface area contributed by atoms with Crippen molar-refractivity contribution in [2.75, 3.05) is 0 Å². The summed E-state index contributed by atoms with van der Waals surface area (Å²) in [6, 6.07) is 9.64. The summed E-state index contributed by atoms with van der Waals surface area (Å²) in [5, 5.41) is 50.1. The van der Waals surface area contributed by atoms with Crippen molar-refractivity contribution in [2.24, 2.45) is 0 Å². The van der Waals surface area contributed by atoms with E-state index in [1.807, 2.05) is 5.38 Å². The van der Waals surface area contributed by atoms with Crippen LogP contribution < -0.4 is 5.32 Å². The van der Waals surface area contributed by atoms with E-state index in [1.165, 1.54) is 34.3 Å². The van der Waals surface area contributed by atoms with Gasteiger partial charge < -0.3 is 25.5 Å². The van der Waals surface area contributed by atoms with Gasteiger partial charge >= 0.3 is 12.7 Å². The minimum absolute atomic E-state index is 0.0327. The summed E-state index contributed by atoms with van der Waals surface area (Å²) in [5.74, 6) is -2.99. The van der Waals surface area contributed by atoms with Crippen LogP contribution in [0.2, 0.25) is 0 Å². The summed E-state index contributed by atoms with van der Waals surface area (Å²) in [4.78, 5) is 24.0. The molecule has 0 spiro atoms. The lowest BCUT2D eigenvalue weighted by molar-refractivity contribution is -0.121. The fraction of sp³-hybridized carbons (Fsp3) is 0.176. The minimum atomic E-state index is -3.87. The predicted molar refractivity (Wildman–Crippen MR) is 105 cm³/mol. The second-order valence-electron chi connectivity index (χ2n) is 6.44. The van der Waals surface area contributed by atoms with Crippen molar-refractivity contribution in [3.8, 4) is 11.3 Å². The van der Waals surface area contributed by atoms with Crippen LogP contribution in [0.1, 0.15) is 15.2 Å². The monoisotopic (exact) mass is 417 g/mol. The number of hydrogen-bond acceptors (Lipinski definition) is 8. The van der Waals surface area contributed by atoms with E-state index in [9.17, 15) is 24.7 Å². The summed E-state index contributed by atoms with van der Waals surface area (Å²) in [6.07, 6.45) is 1.48. The zero-order chi connectivity index (χ0) is 21.0. The van der Waals surface area contributed by atoms with E-state index in [4.69, 9.17) is 5.11 Å². The van der Waals surface area contributed by atoms with E-state index in [-0.39, 0.29) is 18.5 Å². The van der Waals surface area contributed by atoms with Gasteiger partial charge in [-0.1, -0.05) is 23.4 Å². The number of nitrogens with one attached hydrogen (secondary N) is 1. The number of carbonyl (C=O) groups excluding carboxylic acids is 1. The van der Waals surface area contributed by atoms with Crippen LogP contribution in [0.5, 0.6) is 0 Å². The molecule has 2 aromatic heterocycles. The van der Waals surface area contributed by atoms with Gasteiger partial charge in [-0.25, -0.2) is 4.79 Å². The molecule has 1 atom stereocenters. The average Bonchev–Trinajstić information content (AvgIpc) is 3.32. The summed E-state index contributed by atoms with van der Waals surface area (Å²) in [6.45, 7) is -4.13. The SMILES string of the molecule is O=C(Cc1cccs1)N[C@@H](Cn1cc(-c2cccc(C(=O)O)c2)nn1)[B-](O)(O)O. The Balaban J connectivity index is 1.73. The molecule has 152 valence electrons. The van der Waals surface area contributed by atoms with Crippen molar-refractivity contribution in [1.82, 2.24) is 20.3 Å². The molecule has 1 amide bonds. The number of benzene rings is 1. The molecule has 0 fully saturated rings. The van der Waals surface area contributed by atoms with Crippen LogP contribution in [0.15, 0.2) is 48.0 Å². The number of aromatic nitrogens is 3. The Bertz CT molecular complexity index is 1000. The molecule has 12 heteroatoms. The highest BCUT2D eigenvalue weighted by atomic mass is 32.1. The van der Waals surface area contributed by atoms with E-state index < -0.39 is 24.6 Å². The molecule has 2 heterocycles. The van der Waals surface area contributed by atoms with Gasteiger partial charge in [0.2, 0.25) is 5.91 Å². The molecule has 10 nitrogen and oxygen atoms in total. The first kappa shape index (κ1) is 20.7. The smallest absolute Gasteiger partial charge is 0.395 e. The van der Waals surface area contributed by atoms with Gasteiger partial charge in [-0.2, -0.15) is 0 Å². The van der Waals surface area contributed by atoms with E-state index in [0.717, 1.165) is 4.88 Å². The summed E-state index contributed by atoms with van der Waals surface area (Å²) in [7, 11) is 0. The molecule has 3 rings (SSSR count). The van der Waals surface area contributed by atoms with Gasteiger partial charge in [0.15, 0.2) is 0 Å². The van der Waals surface area contributed by atoms with Gasteiger partial charge in [0, 0.05) is 22.9 Å². The molecule has 29 heavy (non-hydrogen) atoms. The molecule has 0 aliphatic rings. The van der Waals surface area contributed by atoms with Gasteiger partial charge in [-0.05, 0) is 23.6 Å². The number of rotatable bonds is 8. The Morgan fingerprint density at radius 1 is 1.21 bits per heavy atom. The fourth-order valence-electron chi connectivity index (χ4n) is 2.66. The third-order valence-corrected chi connectivity index (χ3v) is 5.01. The predicted octanol–water partition coefficient (Wildman–Crippen LogP) is -0.113. The molecule has 0 saturated carbocycles. The number of aromatic carboxylic acids is 1. The number of carboxylic acids is 1. The third kappa shape index (κ3) is 5.48. The number of carboxylic acid groups (broad SMARTS) is 1. The first-order valence-corrected chi connectivity index (χ1v) is 9.48. The lowest BCUT2D eigenvalue weighted by atomic mass is 9.70. The maximum atomic E-state index is 12.2. The Morgan fingerprint density at radius 3 is 2.66 bits per heavy atom. The van der Waals surface area contributed by atoms with Gasteiger partial charge in [0.05, 0.1) is 18.2 Å². The summed E-state index contributed by atoms with van der Waals surface area (Å²) >= 11 is 1.38. The second kappa shape index (κ2) is 8.53. The van der Waals surface area contributed by atoms with Crippen molar-refractivity contribution < 1.29 is 29.8 Å². The molecule has 1 aromatic carbocycles. The van der Waals surface area contributed by atoms with Gasteiger partial charge in [-0.15, -0.1) is 16.4 Å². The highest BCUT2D eigenvalue weighted by molar-refractivity contribution is 7.10. The molecule has 0 radical (unpaired) electrons. The van der Waals surface area contributed by atoms with Crippen LogP contribution in [0.4, 0.5) is 0 Å². The molecule has 0 saturated heterocycles. The van der Waals surface area contributed by atoms with Gasteiger partial charge in [0.1, 0.15) is 5.69 Å². The van der Waals surface area contributed by atoms with Crippen LogP contribution in [-0.4, -0.2) is 59.7 Å². The Hall–Kier alpha value is -3.06. The maximum Gasteiger partial charge on any atom is 0.395 e. The highest BCUT2D eigenvalue weighted by Gasteiger charge is 2.31. The fourth-order valence-corrected chi connectivity index (χ4v) is 3.36. The second-order valence-corrected chi connectivity index (χ2v) is 7.47. The third-order valence-electron chi connectivity index (χ3n) is 4.13. The van der Waals surface area contributed by atoms with E-state index in [1.54, 1.807) is 24.3 Å². The van der Waals surface area contributed by atoms with E-state index >= 15 is 0 Å². The number of thiophene rings is 1. The zero-order valence-corrected chi connectivity index (χ0v) is 15.9. The molecule has 0 unspecified atom stereocenters. The maximum absolute atomic E-state index is 12.2. The van der Waals surface area contributed by atoms with Crippen LogP contribution in [0.25, 0.3) is 11.3 Å². The van der Waals surface area contributed by atoms with Crippen LogP contribution >= 0.6 is 11.3 Å². The van der Waals surface area contributed by atoms with Crippen molar-refractivity contribution in [3.05, 3.63) is 58.4 Å². The van der Waals surface area contributed by atoms with E-state index in [2.05, 4.69) is 15.6 Å². The molecular formula is C17H18BN4O6S-. The van der Waals surface area contributed by atoms with Crippen LogP contribution in [-0.2, 0) is 17.8 Å². The molecule has 5 N–H and O–H groups in total. The summed E-state index contributed by atoms with van der Waals surface area (Å²) in [5.41, 5.74) is 0.936. The van der Waals surface area contributed by atoms with Crippen molar-refractivity contribution >= 4 is 30.0 Å². The summed E-state index contributed by atoms with van der Waals surface area (Å²) < 4.78 is 1.22. The first-order chi connectivity index (χ1) is 13.7. The molecule has 3 aromatic rings. The molecule has 0 aliphatic heterocycles. The van der Waals surface area contributed by atoms with Crippen molar-refractivity contribution in [3.63, 3.8) is 0 Å². The Kier molecular flexibility index (Phi) is 6.08. The topological polar surface area (TPSA) is 158 Å². The Morgan fingerprint density at radius 2 is 2.00 bits per heavy atom. The molecule has 0 bridgehead atoms. The average molecular weight is 417 g/mol. The molecule has 0 aliphatic carbocycles.